The molecule has 0 bridgehead atoms. The summed E-state index contributed by atoms with van der Waals surface area (Å²) < 4.78 is 21.9. The molecule has 0 aliphatic heterocycles. The third kappa shape index (κ3) is 21.2. The lowest BCUT2D eigenvalue weighted by Gasteiger charge is -2.21. The Morgan fingerprint density at radius 1 is 0.422 bits per heavy atom. The van der Waals surface area contributed by atoms with Crippen molar-refractivity contribution in [2.75, 3.05) is 54.6 Å². The first-order valence-electron chi connectivity index (χ1n) is 27.7. The van der Waals surface area contributed by atoms with E-state index in [0.29, 0.717) is 99.8 Å². The van der Waals surface area contributed by atoms with Gasteiger partial charge in [-0.2, -0.15) is 0 Å². The monoisotopic (exact) mass is 1150 g/mol. The topological polar surface area (TPSA) is 404 Å². The Labute approximate surface area is 484 Å². The minimum atomic E-state index is -1.03. The van der Waals surface area contributed by atoms with Crippen molar-refractivity contribution in [3.05, 3.63) is 117 Å². The molecular formula is C60H83N11O12. The summed E-state index contributed by atoms with van der Waals surface area (Å²) in [7, 11) is 5.56. The maximum Gasteiger partial charge on any atom is 0.255 e. The Balaban J connectivity index is 1.54. The highest BCUT2D eigenvalue weighted by atomic mass is 16.5. The van der Waals surface area contributed by atoms with Crippen molar-refractivity contribution in [1.82, 2.24) is 16.0 Å². The number of amides is 4. The van der Waals surface area contributed by atoms with Crippen LogP contribution in [0.15, 0.2) is 77.8 Å². The average molecular weight is 1150 g/mol. The van der Waals surface area contributed by atoms with Crippen molar-refractivity contribution >= 4 is 52.7 Å². The summed E-state index contributed by atoms with van der Waals surface area (Å²) in [6.45, 7) is 1.39. The van der Waals surface area contributed by atoms with Crippen molar-refractivity contribution in [2.45, 2.75) is 120 Å². The van der Waals surface area contributed by atoms with Crippen molar-refractivity contribution in [3.8, 4) is 23.0 Å². The van der Waals surface area contributed by atoms with Gasteiger partial charge in [0.15, 0.2) is 29.1 Å². The van der Waals surface area contributed by atoms with E-state index in [2.05, 4.69) is 20.9 Å². The highest BCUT2D eigenvalue weighted by Crippen LogP contribution is 2.26. The predicted molar refractivity (Wildman–Crippen MR) is 316 cm³/mol. The number of rotatable bonds is 39. The molecule has 23 heteroatoms. The number of ketones is 4. The molecule has 83 heavy (non-hydrogen) atoms. The Hall–Kier alpha value is -8.25. The third-order valence-corrected chi connectivity index (χ3v) is 13.9. The van der Waals surface area contributed by atoms with Gasteiger partial charge in [-0.3, -0.25) is 43.3 Å². The molecule has 0 radical (unpaired) electrons. The SMILES string of the molecule is COc1ccc(CC(=O)[C@H](CCCCN)NC(=O)c2cc(CC(=O)[C@H](CCCCN)NC(=O)c3cc(CC(=O)[C@H](CCCCN)NC(=O)c4cc(CC(=O)[C@@H](N)CCCN=C(N)N)ccc4OC)ccc3OC)ccc2OC)cc1C(N)=O. The van der Waals surface area contributed by atoms with Gasteiger partial charge in [-0.15, -0.1) is 0 Å². The van der Waals surface area contributed by atoms with Gasteiger partial charge in [-0.1, -0.05) is 24.3 Å². The number of guanidine groups is 1. The third-order valence-electron chi connectivity index (χ3n) is 13.9. The van der Waals surface area contributed by atoms with Gasteiger partial charge >= 0.3 is 0 Å². The van der Waals surface area contributed by atoms with E-state index >= 15 is 0 Å². The van der Waals surface area contributed by atoms with E-state index in [0.717, 1.165) is 0 Å². The maximum absolute atomic E-state index is 14.3. The zero-order valence-corrected chi connectivity index (χ0v) is 48.1. The van der Waals surface area contributed by atoms with Crippen molar-refractivity contribution in [3.63, 3.8) is 0 Å². The first-order chi connectivity index (χ1) is 39.8. The lowest BCUT2D eigenvalue weighted by Crippen LogP contribution is -2.42. The fourth-order valence-corrected chi connectivity index (χ4v) is 9.30. The Bertz CT molecular complexity index is 2910. The fraction of sp³-hybridized carbons (Fsp3) is 0.450. The number of Topliss-reactive ketones (excluding diaryl/α,β-unsaturated/α-hetero) is 4. The van der Waals surface area contributed by atoms with Crippen LogP contribution in [0.25, 0.3) is 0 Å². The van der Waals surface area contributed by atoms with Gasteiger partial charge in [0.2, 0.25) is 0 Å². The lowest BCUT2D eigenvalue weighted by atomic mass is 9.95. The molecule has 0 spiro atoms. The maximum atomic E-state index is 14.3. The second kappa shape index (κ2) is 34.9. The number of hydrogen-bond donors (Lipinski definition) is 10. The normalized spacial score (nSPS) is 12.4. The van der Waals surface area contributed by atoms with Crippen LogP contribution in [0.1, 0.15) is 134 Å². The van der Waals surface area contributed by atoms with Crippen LogP contribution in [0, 0.1) is 0 Å². The molecule has 0 saturated carbocycles. The molecule has 0 saturated heterocycles. The molecule has 0 unspecified atom stereocenters. The van der Waals surface area contributed by atoms with E-state index in [1.54, 1.807) is 42.5 Å². The molecule has 450 valence electrons. The molecule has 0 aromatic heterocycles. The van der Waals surface area contributed by atoms with Gasteiger partial charge in [0.05, 0.1) is 74.9 Å². The van der Waals surface area contributed by atoms with Crippen LogP contribution in [0.2, 0.25) is 0 Å². The molecule has 4 amide bonds. The van der Waals surface area contributed by atoms with Gasteiger partial charge in [0, 0.05) is 32.2 Å². The van der Waals surface area contributed by atoms with E-state index in [1.807, 2.05) is 0 Å². The van der Waals surface area contributed by atoms with Crippen molar-refractivity contribution < 1.29 is 57.3 Å². The van der Waals surface area contributed by atoms with E-state index in [1.165, 1.54) is 58.8 Å². The fourth-order valence-electron chi connectivity index (χ4n) is 9.30. The molecule has 0 fully saturated rings. The zero-order valence-electron chi connectivity index (χ0n) is 48.1. The molecule has 0 aliphatic carbocycles. The van der Waals surface area contributed by atoms with E-state index in [9.17, 15) is 38.4 Å². The van der Waals surface area contributed by atoms with Crippen LogP contribution in [0.3, 0.4) is 0 Å². The summed E-state index contributed by atoms with van der Waals surface area (Å²) in [4.78, 5) is 114. The standard InChI is InChI=1S/C60H83N11O12/c1-80-52-20-16-36(28-40(52)56(65)76)33-49(73)45(13-5-8-24-61)69-58(78)42-30-38(18-22-54(42)82-3)35-51(75)47(15-7-10-26-63)71-59(79)43-31-39(19-23-55(43)83-4)34-50(74)46(14-6-9-25-62)70-57(77)41-29-37(17-21-53(41)81-2)32-48(72)44(64)12-11-27-68-60(66)67/h16-23,28-31,44-47H,5-15,24-27,32-35,61-64H2,1-4H3,(H2,65,76)(H,69,78)(H,70,77)(H,71,79)(H4,66,67,68)/t44-,45-,46-,47-/m0/s1. The van der Waals surface area contributed by atoms with Gasteiger partial charge in [0.25, 0.3) is 23.6 Å². The number of carbonyl (C=O) groups excluding carboxylic acids is 8. The summed E-state index contributed by atoms with van der Waals surface area (Å²) in [5.74, 6) is -3.21. The number of nitrogens with zero attached hydrogens (tertiary/aromatic N) is 1. The van der Waals surface area contributed by atoms with E-state index in [-0.39, 0.29) is 119 Å². The van der Waals surface area contributed by atoms with Crippen molar-refractivity contribution in [2.24, 2.45) is 45.1 Å². The molecular weight excluding hydrogens is 1070 g/mol. The summed E-state index contributed by atoms with van der Waals surface area (Å²) in [5, 5.41) is 8.59. The molecule has 0 heterocycles. The van der Waals surface area contributed by atoms with Crippen molar-refractivity contribution in [1.29, 1.82) is 0 Å². The van der Waals surface area contributed by atoms with Gasteiger partial charge in [0.1, 0.15) is 23.0 Å². The molecule has 23 nitrogen and oxygen atoms in total. The highest BCUT2D eigenvalue weighted by Gasteiger charge is 2.29. The average Bonchev–Trinajstić information content (AvgIpc) is 3.54. The second-order valence-electron chi connectivity index (χ2n) is 20.1. The second-order valence-corrected chi connectivity index (χ2v) is 20.1. The predicted octanol–water partition coefficient (Wildman–Crippen LogP) is 2.43. The minimum Gasteiger partial charge on any atom is -0.496 e. The first-order valence-corrected chi connectivity index (χ1v) is 27.7. The van der Waals surface area contributed by atoms with Gasteiger partial charge in [-0.05, 0) is 161 Å². The van der Waals surface area contributed by atoms with Crippen LogP contribution < -0.4 is 75.0 Å². The van der Waals surface area contributed by atoms with Crippen LogP contribution in [0.4, 0.5) is 0 Å². The molecule has 4 aromatic carbocycles. The van der Waals surface area contributed by atoms with Gasteiger partial charge in [-0.25, -0.2) is 0 Å². The summed E-state index contributed by atoms with van der Waals surface area (Å²) in [6, 6.07) is 15.0. The number of methoxy groups -OCH3 is 4. The number of carbonyl (C=O) groups is 8. The number of aliphatic imine (C=N–C) groups is 1. The Morgan fingerprint density at radius 3 is 1.01 bits per heavy atom. The van der Waals surface area contributed by atoms with Crippen LogP contribution in [0.5, 0.6) is 23.0 Å². The quantitative estimate of drug-likeness (QED) is 0.0174. The van der Waals surface area contributed by atoms with Crippen LogP contribution in [-0.2, 0) is 44.9 Å². The van der Waals surface area contributed by atoms with Gasteiger partial charge < -0.3 is 75.0 Å². The lowest BCUT2D eigenvalue weighted by molar-refractivity contribution is -0.121. The number of primary amides is 1. The molecule has 4 rings (SSSR count). The van der Waals surface area contributed by atoms with E-state index < -0.39 is 47.8 Å². The number of hydrogen-bond acceptors (Lipinski definition) is 17. The Kier molecular flexibility index (Phi) is 28.3. The number of nitrogens with two attached hydrogens (primary N) is 7. The largest absolute Gasteiger partial charge is 0.496 e. The summed E-state index contributed by atoms with van der Waals surface area (Å²) >= 11 is 0. The smallest absolute Gasteiger partial charge is 0.255 e. The highest BCUT2D eigenvalue weighted by molar-refractivity contribution is 6.03. The summed E-state index contributed by atoms with van der Waals surface area (Å²) in [6.07, 6.45) is 4.20. The van der Waals surface area contributed by atoms with Crippen LogP contribution in [-0.4, -0.2) is 132 Å². The number of benzene rings is 4. The zero-order chi connectivity index (χ0) is 61.0. The molecule has 4 aromatic rings. The number of unbranched alkanes of at least 4 members (excludes halogenated alkanes) is 3. The Morgan fingerprint density at radius 2 is 0.723 bits per heavy atom. The number of ether oxygens (including phenoxy) is 4. The minimum absolute atomic E-state index is 0.0435. The first kappa shape index (κ1) is 67.3. The van der Waals surface area contributed by atoms with Crippen LogP contribution >= 0.6 is 0 Å². The molecule has 0 aliphatic rings. The molecule has 4 atom stereocenters. The number of nitrogens with one attached hydrogen (secondary N) is 3. The summed E-state index contributed by atoms with van der Waals surface area (Å²) in [5.41, 5.74) is 42.0. The van der Waals surface area contributed by atoms with E-state index in [4.69, 9.17) is 59.1 Å². The molecule has 17 N–H and O–H groups in total.